The van der Waals surface area contributed by atoms with Gasteiger partial charge in [0.1, 0.15) is 11.4 Å². The van der Waals surface area contributed by atoms with Gasteiger partial charge < -0.3 is 0 Å². The number of amides is 2. The van der Waals surface area contributed by atoms with Crippen LogP contribution in [0, 0.1) is 0 Å². The molecule has 10 heteroatoms. The Balaban J connectivity index is 1.64. The molecule has 0 radical (unpaired) electrons. The lowest BCUT2D eigenvalue weighted by molar-refractivity contribution is -0.130. The minimum atomic E-state index is -3.61. The van der Waals surface area contributed by atoms with Crippen LogP contribution in [0.25, 0.3) is 10.4 Å². The van der Waals surface area contributed by atoms with Crippen LogP contribution < -0.4 is 10.5 Å². The van der Waals surface area contributed by atoms with Gasteiger partial charge in [0.25, 0.3) is 0 Å². The average Bonchev–Trinajstić information content (AvgIpc) is 3.37. The Morgan fingerprint density at radius 1 is 1.08 bits per heavy atom. The zero-order valence-electron chi connectivity index (χ0n) is 19.8. The van der Waals surface area contributed by atoms with Crippen molar-refractivity contribution in [3.63, 3.8) is 0 Å². The third-order valence-electron chi connectivity index (χ3n) is 6.32. The molecular weight excluding hydrogens is 500 g/mol. The molecule has 2 N–H and O–H groups in total. The molecule has 1 aromatic heterocycles. The third-order valence-corrected chi connectivity index (χ3v) is 10.4. The van der Waals surface area contributed by atoms with E-state index in [1.165, 1.54) is 23.3 Å². The van der Waals surface area contributed by atoms with Gasteiger partial charge in [0.2, 0.25) is 11.8 Å². The molecule has 36 heavy (non-hydrogen) atoms. The topological polar surface area (TPSA) is 113 Å². The fourth-order valence-corrected chi connectivity index (χ4v) is 8.27. The number of nitrogens with one attached hydrogen (secondary N) is 1. The number of sulfone groups is 1. The van der Waals surface area contributed by atoms with Gasteiger partial charge in [-0.05, 0) is 48.2 Å². The zero-order chi connectivity index (χ0) is 25.8. The van der Waals surface area contributed by atoms with Crippen LogP contribution in [-0.4, -0.2) is 31.2 Å². The average molecular weight is 529 g/mol. The van der Waals surface area contributed by atoms with E-state index in [0.717, 1.165) is 16.0 Å². The highest BCUT2D eigenvalue weighted by Gasteiger charge is 2.49. The standard InChI is InChI=1S/C26H28N2O6S2/c1-19(29)28(34-18-20-8-3-2-4-9-20)22-11-7-10-21(16-22)23-12-13-24(35-23)26(17-25(30)27-31)14-5-6-15-36(26,32)33/h2-4,7-13,16,31H,5-6,14-15,17-18H2,1H3,(H,27,30)/t26-/m0/s1. The summed E-state index contributed by atoms with van der Waals surface area (Å²) < 4.78 is 25.0. The Kier molecular flexibility index (Phi) is 7.89. The molecule has 0 bridgehead atoms. The van der Waals surface area contributed by atoms with E-state index < -0.39 is 20.5 Å². The Hall–Kier alpha value is -3.05. The van der Waals surface area contributed by atoms with Crippen LogP contribution in [0.2, 0.25) is 0 Å². The number of nitrogens with zero attached hydrogens (tertiary/aromatic N) is 1. The van der Waals surface area contributed by atoms with Gasteiger partial charge in [0.05, 0.1) is 17.9 Å². The fraction of sp³-hybridized carbons (Fsp3) is 0.308. The number of hydrogen-bond donors (Lipinski definition) is 2. The molecule has 8 nitrogen and oxygen atoms in total. The van der Waals surface area contributed by atoms with Gasteiger partial charge >= 0.3 is 0 Å². The number of hydrogen-bond acceptors (Lipinski definition) is 7. The molecular formula is C26H28N2O6S2. The van der Waals surface area contributed by atoms with E-state index in [9.17, 15) is 18.0 Å². The Morgan fingerprint density at radius 3 is 2.56 bits per heavy atom. The summed E-state index contributed by atoms with van der Waals surface area (Å²) in [6.07, 6.45) is 1.20. The second kappa shape index (κ2) is 10.9. The van der Waals surface area contributed by atoms with Crippen LogP contribution in [0.5, 0.6) is 0 Å². The minimum Gasteiger partial charge on any atom is -0.289 e. The van der Waals surface area contributed by atoms with Crippen LogP contribution >= 0.6 is 11.3 Å². The predicted molar refractivity (Wildman–Crippen MR) is 138 cm³/mol. The summed E-state index contributed by atoms with van der Waals surface area (Å²) in [6.45, 7) is 1.64. The molecule has 1 fully saturated rings. The Morgan fingerprint density at radius 2 is 1.86 bits per heavy atom. The van der Waals surface area contributed by atoms with Crippen LogP contribution in [0.1, 0.15) is 43.0 Å². The number of carbonyl (C=O) groups excluding carboxylic acids is 2. The summed E-state index contributed by atoms with van der Waals surface area (Å²) in [5.41, 5.74) is 3.84. The van der Waals surface area contributed by atoms with Crippen molar-refractivity contribution in [2.75, 3.05) is 10.8 Å². The highest BCUT2D eigenvalue weighted by molar-refractivity contribution is 7.92. The van der Waals surface area contributed by atoms with Crippen molar-refractivity contribution in [3.05, 3.63) is 77.2 Å². The van der Waals surface area contributed by atoms with Crippen molar-refractivity contribution < 1.29 is 28.1 Å². The molecule has 2 heterocycles. The monoisotopic (exact) mass is 528 g/mol. The maximum atomic E-state index is 13.2. The van der Waals surface area contributed by atoms with Crippen LogP contribution in [0.3, 0.4) is 0 Å². The molecule has 2 aromatic carbocycles. The summed E-state index contributed by atoms with van der Waals surface area (Å²) >= 11 is 1.30. The first-order chi connectivity index (χ1) is 17.3. The van der Waals surface area contributed by atoms with Crippen molar-refractivity contribution in [1.82, 2.24) is 5.48 Å². The van der Waals surface area contributed by atoms with Crippen LogP contribution in [-0.2, 0) is 35.6 Å². The van der Waals surface area contributed by atoms with Crippen molar-refractivity contribution >= 4 is 38.7 Å². The van der Waals surface area contributed by atoms with Gasteiger partial charge in [-0.15, -0.1) is 11.3 Å². The van der Waals surface area contributed by atoms with Crippen LogP contribution in [0.15, 0.2) is 66.7 Å². The lowest BCUT2D eigenvalue weighted by Gasteiger charge is -2.35. The van der Waals surface area contributed by atoms with Crippen LogP contribution in [0.4, 0.5) is 5.69 Å². The van der Waals surface area contributed by atoms with E-state index in [1.807, 2.05) is 48.5 Å². The van der Waals surface area contributed by atoms with E-state index in [-0.39, 0.29) is 24.7 Å². The molecule has 4 rings (SSSR count). The zero-order valence-corrected chi connectivity index (χ0v) is 21.5. The quantitative estimate of drug-likeness (QED) is 0.327. The number of anilines is 1. The van der Waals surface area contributed by atoms with Crippen molar-refractivity contribution in [2.45, 2.75) is 44.0 Å². The van der Waals surface area contributed by atoms with Crippen molar-refractivity contribution in [2.24, 2.45) is 0 Å². The molecule has 1 saturated heterocycles. The lowest BCUT2D eigenvalue weighted by Crippen LogP contribution is -2.43. The molecule has 0 spiro atoms. The van der Waals surface area contributed by atoms with E-state index in [2.05, 4.69) is 0 Å². The second-order valence-corrected chi connectivity index (χ2v) is 12.3. The number of carbonyl (C=O) groups is 2. The van der Waals surface area contributed by atoms with Gasteiger partial charge in [-0.3, -0.25) is 19.6 Å². The predicted octanol–water partition coefficient (Wildman–Crippen LogP) is 4.59. The number of rotatable bonds is 8. The largest absolute Gasteiger partial charge is 0.289 e. The van der Waals surface area contributed by atoms with E-state index >= 15 is 0 Å². The summed E-state index contributed by atoms with van der Waals surface area (Å²) in [5.74, 6) is -1.01. The van der Waals surface area contributed by atoms with Gasteiger partial charge in [0, 0.05) is 16.7 Å². The number of benzene rings is 2. The third kappa shape index (κ3) is 5.36. The molecule has 3 aromatic rings. The Labute approximate surface area is 214 Å². The molecule has 0 unspecified atom stereocenters. The van der Waals surface area contributed by atoms with Gasteiger partial charge in [-0.25, -0.2) is 13.9 Å². The van der Waals surface area contributed by atoms with Crippen molar-refractivity contribution in [3.8, 4) is 10.4 Å². The maximum absolute atomic E-state index is 13.2. The molecule has 0 aliphatic carbocycles. The van der Waals surface area contributed by atoms with Gasteiger partial charge in [-0.2, -0.15) is 5.06 Å². The summed E-state index contributed by atoms with van der Waals surface area (Å²) in [6, 6.07) is 20.3. The number of thiophene rings is 1. The molecule has 0 saturated carbocycles. The SMILES string of the molecule is CC(=O)N(OCc1ccccc1)c1cccc(-c2ccc([C@@]3(CC(=O)NO)CCCCS3(=O)=O)s2)c1. The van der Waals surface area contributed by atoms with E-state index in [1.54, 1.807) is 23.7 Å². The minimum absolute atomic E-state index is 0.000746. The number of hydroxylamine groups is 2. The molecule has 190 valence electrons. The Bertz CT molecular complexity index is 1340. The highest BCUT2D eigenvalue weighted by atomic mass is 32.2. The normalized spacial score (nSPS) is 18.9. The van der Waals surface area contributed by atoms with E-state index in [0.29, 0.717) is 29.8 Å². The maximum Gasteiger partial charge on any atom is 0.247 e. The smallest absolute Gasteiger partial charge is 0.247 e. The first kappa shape index (κ1) is 26.0. The molecule has 1 atom stereocenters. The van der Waals surface area contributed by atoms with Gasteiger partial charge in [0.15, 0.2) is 9.84 Å². The van der Waals surface area contributed by atoms with Gasteiger partial charge in [-0.1, -0.05) is 48.9 Å². The summed E-state index contributed by atoms with van der Waals surface area (Å²) in [7, 11) is -3.61. The van der Waals surface area contributed by atoms with Crippen molar-refractivity contribution in [1.29, 1.82) is 0 Å². The second-order valence-electron chi connectivity index (χ2n) is 8.77. The molecule has 1 aliphatic heterocycles. The first-order valence-corrected chi connectivity index (χ1v) is 14.1. The van der Waals surface area contributed by atoms with E-state index in [4.69, 9.17) is 10.0 Å². The summed E-state index contributed by atoms with van der Waals surface area (Å²) in [4.78, 5) is 31.6. The summed E-state index contributed by atoms with van der Waals surface area (Å²) in [5, 5.41) is 10.3. The molecule has 2 amide bonds. The molecule has 1 aliphatic rings. The highest BCUT2D eigenvalue weighted by Crippen LogP contribution is 2.47. The fourth-order valence-electron chi connectivity index (χ4n) is 4.50. The lowest BCUT2D eigenvalue weighted by atomic mass is 9.94. The first-order valence-electron chi connectivity index (χ1n) is 11.6.